The number of hydrogen-bond donors (Lipinski definition) is 1. The third-order valence-electron chi connectivity index (χ3n) is 5.32. The van der Waals surface area contributed by atoms with E-state index in [1.807, 2.05) is 29.2 Å². The second-order valence-electron chi connectivity index (χ2n) is 7.22. The number of anilines is 2. The molecule has 8 nitrogen and oxygen atoms in total. The van der Waals surface area contributed by atoms with Crippen LogP contribution in [-0.4, -0.2) is 43.4 Å². The van der Waals surface area contributed by atoms with Crippen LogP contribution in [0.5, 0.6) is 11.5 Å². The Morgan fingerprint density at radius 1 is 1.13 bits per heavy atom. The molecule has 1 aromatic heterocycles. The molecule has 2 heterocycles. The maximum atomic E-state index is 12.7. The molecule has 31 heavy (non-hydrogen) atoms. The average molecular weight is 443 g/mol. The Hall–Kier alpha value is -3.26. The monoisotopic (exact) mass is 442 g/mol. The van der Waals surface area contributed by atoms with Gasteiger partial charge in [0.15, 0.2) is 0 Å². The van der Waals surface area contributed by atoms with E-state index in [1.165, 1.54) is 0 Å². The number of benzene rings is 2. The van der Waals surface area contributed by atoms with Crippen molar-refractivity contribution in [2.24, 2.45) is 5.92 Å². The molecule has 3 aromatic rings. The summed E-state index contributed by atoms with van der Waals surface area (Å²) in [6.07, 6.45) is 1.35. The Morgan fingerprint density at radius 2 is 1.87 bits per heavy atom. The number of hydrogen-bond acceptors (Lipinski definition) is 7. The second-order valence-corrected chi connectivity index (χ2v) is 7.66. The Balaban J connectivity index is 1.36. The highest BCUT2D eigenvalue weighted by Crippen LogP contribution is 2.30. The van der Waals surface area contributed by atoms with Crippen LogP contribution in [0.15, 0.2) is 47.0 Å². The summed E-state index contributed by atoms with van der Waals surface area (Å²) in [5.74, 6) is 1.69. The molecule has 0 atom stereocenters. The van der Waals surface area contributed by atoms with Crippen LogP contribution in [-0.2, 0) is 4.79 Å². The van der Waals surface area contributed by atoms with Crippen LogP contribution in [0, 0.1) is 5.92 Å². The zero-order valence-electron chi connectivity index (χ0n) is 17.3. The molecular formula is C22H23ClN4O4. The number of methoxy groups -OCH3 is 2. The van der Waals surface area contributed by atoms with E-state index in [1.54, 1.807) is 32.4 Å². The summed E-state index contributed by atoms with van der Waals surface area (Å²) >= 11 is 6.05. The van der Waals surface area contributed by atoms with E-state index in [4.69, 9.17) is 25.6 Å². The topological polar surface area (TPSA) is 89.7 Å². The molecule has 4 rings (SSSR count). The Bertz CT molecular complexity index is 1050. The molecule has 2 aromatic carbocycles. The van der Waals surface area contributed by atoms with Gasteiger partial charge in [-0.2, -0.15) is 4.98 Å². The van der Waals surface area contributed by atoms with Crippen LogP contribution in [0.4, 0.5) is 11.7 Å². The maximum Gasteiger partial charge on any atom is 0.324 e. The van der Waals surface area contributed by atoms with E-state index in [0.717, 1.165) is 11.3 Å². The number of aromatic nitrogens is 2. The largest absolute Gasteiger partial charge is 0.497 e. The van der Waals surface area contributed by atoms with Crippen molar-refractivity contribution in [2.75, 3.05) is 37.5 Å². The predicted molar refractivity (Wildman–Crippen MR) is 118 cm³/mol. The second kappa shape index (κ2) is 9.26. The standard InChI is InChI=1S/C22H23ClN4O4/c1-29-17-6-3-14(4-7-17)20-25-22(31-26-20)27-11-9-15(10-12-27)21(28)24-18-13-16(23)5-8-19(18)30-2/h3-8,13,15H,9-12H2,1-2H3,(H,24,28). The number of amides is 1. The number of carbonyl (C=O) groups excluding carboxylic acids is 1. The SMILES string of the molecule is COc1ccc(-c2noc(N3CCC(C(=O)Nc4cc(Cl)ccc4OC)CC3)n2)cc1. The van der Waals surface area contributed by atoms with Crippen LogP contribution >= 0.6 is 11.6 Å². The van der Waals surface area contributed by atoms with Gasteiger partial charge in [0.2, 0.25) is 11.7 Å². The summed E-state index contributed by atoms with van der Waals surface area (Å²) in [5, 5.41) is 7.55. The molecule has 1 N–H and O–H groups in total. The van der Waals surface area contributed by atoms with Gasteiger partial charge in [0, 0.05) is 29.6 Å². The minimum atomic E-state index is -0.121. The summed E-state index contributed by atoms with van der Waals surface area (Å²) in [6.45, 7) is 1.30. The van der Waals surface area contributed by atoms with E-state index < -0.39 is 0 Å². The van der Waals surface area contributed by atoms with E-state index in [9.17, 15) is 4.79 Å². The first-order valence-electron chi connectivity index (χ1n) is 9.95. The molecule has 9 heteroatoms. The fourth-order valence-corrected chi connectivity index (χ4v) is 3.72. The van der Waals surface area contributed by atoms with Gasteiger partial charge in [0.25, 0.3) is 0 Å². The lowest BCUT2D eigenvalue weighted by Gasteiger charge is -2.29. The van der Waals surface area contributed by atoms with Crippen molar-refractivity contribution in [1.82, 2.24) is 10.1 Å². The number of halogens is 1. The summed E-state index contributed by atoms with van der Waals surface area (Å²) in [4.78, 5) is 19.3. The van der Waals surface area contributed by atoms with Crippen LogP contribution in [0.2, 0.25) is 5.02 Å². The lowest BCUT2D eigenvalue weighted by Crippen LogP contribution is -2.38. The van der Waals surface area contributed by atoms with Crippen LogP contribution < -0.4 is 19.7 Å². The number of ether oxygens (including phenoxy) is 2. The minimum Gasteiger partial charge on any atom is -0.497 e. The van der Waals surface area contributed by atoms with Gasteiger partial charge in [-0.15, -0.1) is 0 Å². The van der Waals surface area contributed by atoms with Crippen molar-refractivity contribution in [3.63, 3.8) is 0 Å². The highest BCUT2D eigenvalue weighted by Gasteiger charge is 2.28. The summed E-state index contributed by atoms with van der Waals surface area (Å²) in [7, 11) is 3.18. The van der Waals surface area contributed by atoms with Crippen molar-refractivity contribution in [1.29, 1.82) is 0 Å². The van der Waals surface area contributed by atoms with Crippen molar-refractivity contribution in [3.8, 4) is 22.9 Å². The fraction of sp³-hybridized carbons (Fsp3) is 0.318. The third-order valence-corrected chi connectivity index (χ3v) is 5.55. The van der Waals surface area contributed by atoms with Crippen molar-refractivity contribution in [3.05, 3.63) is 47.5 Å². The molecule has 162 valence electrons. The molecule has 1 aliphatic heterocycles. The molecular weight excluding hydrogens is 420 g/mol. The van der Waals surface area contributed by atoms with Gasteiger partial charge in [-0.3, -0.25) is 4.79 Å². The smallest absolute Gasteiger partial charge is 0.324 e. The molecule has 0 spiro atoms. The Kier molecular flexibility index (Phi) is 6.27. The van der Waals surface area contributed by atoms with E-state index in [0.29, 0.717) is 54.2 Å². The van der Waals surface area contributed by atoms with Crippen LogP contribution in [0.25, 0.3) is 11.4 Å². The molecule has 0 aliphatic carbocycles. The van der Waals surface area contributed by atoms with Gasteiger partial charge in [0.1, 0.15) is 11.5 Å². The van der Waals surface area contributed by atoms with Gasteiger partial charge >= 0.3 is 6.01 Å². The number of nitrogens with zero attached hydrogens (tertiary/aromatic N) is 3. The molecule has 1 aliphatic rings. The van der Waals surface area contributed by atoms with E-state index in [-0.39, 0.29) is 11.8 Å². The highest BCUT2D eigenvalue weighted by molar-refractivity contribution is 6.31. The van der Waals surface area contributed by atoms with Gasteiger partial charge in [-0.25, -0.2) is 0 Å². The van der Waals surface area contributed by atoms with Gasteiger partial charge < -0.3 is 24.2 Å². The molecule has 1 saturated heterocycles. The molecule has 1 fully saturated rings. The number of rotatable bonds is 6. The minimum absolute atomic E-state index is 0.0512. The number of carbonyl (C=O) groups is 1. The van der Waals surface area contributed by atoms with Gasteiger partial charge in [-0.1, -0.05) is 16.8 Å². The lowest BCUT2D eigenvalue weighted by atomic mass is 9.96. The van der Waals surface area contributed by atoms with Crippen molar-refractivity contribution in [2.45, 2.75) is 12.8 Å². The quantitative estimate of drug-likeness (QED) is 0.609. The fourth-order valence-electron chi connectivity index (χ4n) is 3.55. The van der Waals surface area contributed by atoms with E-state index >= 15 is 0 Å². The first-order chi connectivity index (χ1) is 15.1. The molecule has 0 radical (unpaired) electrons. The van der Waals surface area contributed by atoms with Crippen LogP contribution in [0.3, 0.4) is 0 Å². The summed E-state index contributed by atoms with van der Waals surface area (Å²) in [6, 6.07) is 13.1. The first kappa shape index (κ1) is 21.0. The third kappa shape index (κ3) is 4.74. The summed E-state index contributed by atoms with van der Waals surface area (Å²) < 4.78 is 15.9. The zero-order valence-corrected chi connectivity index (χ0v) is 18.1. The lowest BCUT2D eigenvalue weighted by molar-refractivity contribution is -0.120. The molecule has 1 amide bonds. The zero-order chi connectivity index (χ0) is 21.8. The normalized spacial score (nSPS) is 14.4. The predicted octanol–water partition coefficient (Wildman–Crippen LogP) is 4.26. The maximum absolute atomic E-state index is 12.7. The Morgan fingerprint density at radius 3 is 2.55 bits per heavy atom. The molecule has 0 saturated carbocycles. The van der Waals surface area contributed by atoms with Gasteiger partial charge in [0.05, 0.1) is 19.9 Å². The Labute approximate surface area is 185 Å². The van der Waals surface area contributed by atoms with Gasteiger partial charge in [-0.05, 0) is 55.3 Å². The number of piperidine rings is 1. The van der Waals surface area contributed by atoms with E-state index in [2.05, 4.69) is 15.5 Å². The highest BCUT2D eigenvalue weighted by atomic mass is 35.5. The van der Waals surface area contributed by atoms with Crippen LogP contribution in [0.1, 0.15) is 12.8 Å². The van der Waals surface area contributed by atoms with Crippen molar-refractivity contribution < 1.29 is 18.8 Å². The number of nitrogens with one attached hydrogen (secondary N) is 1. The average Bonchev–Trinajstić information content (AvgIpc) is 3.30. The first-order valence-corrected chi connectivity index (χ1v) is 10.3. The molecule has 0 unspecified atom stereocenters. The van der Waals surface area contributed by atoms with Crippen molar-refractivity contribution >= 4 is 29.2 Å². The molecule has 0 bridgehead atoms. The summed E-state index contributed by atoms with van der Waals surface area (Å²) in [5.41, 5.74) is 1.42.